The summed E-state index contributed by atoms with van der Waals surface area (Å²) >= 11 is 3.07. The van der Waals surface area contributed by atoms with Crippen molar-refractivity contribution >= 4 is 27.0 Å². The third kappa shape index (κ3) is 0.939. The zero-order chi connectivity index (χ0) is 7.84. The number of aromatic amines is 1. The van der Waals surface area contributed by atoms with Crippen molar-refractivity contribution in [3.63, 3.8) is 0 Å². The first-order chi connectivity index (χ1) is 5.29. The molecule has 0 aliphatic rings. The number of fused-ring (bicyclic) bond motifs is 1. The van der Waals surface area contributed by atoms with Gasteiger partial charge in [-0.25, -0.2) is 9.37 Å². The standard InChI is InChI=1S/C7H4BrFN2/c8-4-1-2-5-7(6(4)9)11-3-10-5/h1-3H,(H,10,11). The molecule has 2 rings (SSSR count). The molecule has 0 saturated heterocycles. The van der Waals surface area contributed by atoms with Gasteiger partial charge in [0.1, 0.15) is 5.52 Å². The van der Waals surface area contributed by atoms with Crippen LogP contribution in [0.3, 0.4) is 0 Å². The van der Waals surface area contributed by atoms with Crippen LogP contribution < -0.4 is 0 Å². The van der Waals surface area contributed by atoms with E-state index >= 15 is 0 Å². The summed E-state index contributed by atoms with van der Waals surface area (Å²) in [6, 6.07) is 3.42. The molecular weight excluding hydrogens is 211 g/mol. The van der Waals surface area contributed by atoms with E-state index in [0.29, 0.717) is 15.5 Å². The molecule has 0 unspecified atom stereocenters. The maximum Gasteiger partial charge on any atom is 0.165 e. The smallest absolute Gasteiger partial charge is 0.165 e. The van der Waals surface area contributed by atoms with Crippen molar-refractivity contribution in [3.8, 4) is 0 Å². The average molecular weight is 215 g/mol. The molecule has 0 bridgehead atoms. The molecule has 56 valence electrons. The molecule has 2 nitrogen and oxygen atoms in total. The second-order valence-electron chi connectivity index (χ2n) is 2.16. The second-order valence-corrected chi connectivity index (χ2v) is 3.01. The lowest BCUT2D eigenvalue weighted by molar-refractivity contribution is 0.631. The minimum atomic E-state index is -0.316. The highest BCUT2D eigenvalue weighted by Gasteiger charge is 2.05. The Morgan fingerprint density at radius 1 is 1.45 bits per heavy atom. The molecule has 0 amide bonds. The number of benzene rings is 1. The van der Waals surface area contributed by atoms with Gasteiger partial charge < -0.3 is 4.98 Å². The number of aromatic nitrogens is 2. The van der Waals surface area contributed by atoms with Crippen LogP contribution in [0, 0.1) is 5.82 Å². The lowest BCUT2D eigenvalue weighted by Gasteiger charge is -1.92. The average Bonchev–Trinajstić information content (AvgIpc) is 2.45. The van der Waals surface area contributed by atoms with Crippen LogP contribution in [0.4, 0.5) is 4.39 Å². The van der Waals surface area contributed by atoms with E-state index < -0.39 is 0 Å². The summed E-state index contributed by atoms with van der Waals surface area (Å²) in [5.74, 6) is -0.316. The number of nitrogens with zero attached hydrogens (tertiary/aromatic N) is 1. The Kier molecular flexibility index (Phi) is 1.42. The maximum absolute atomic E-state index is 13.1. The number of H-pyrrole nitrogens is 1. The largest absolute Gasteiger partial charge is 0.345 e. The van der Waals surface area contributed by atoms with Crippen LogP contribution in [0.1, 0.15) is 0 Å². The van der Waals surface area contributed by atoms with Crippen LogP contribution in [0.2, 0.25) is 0 Å². The number of halogens is 2. The van der Waals surface area contributed by atoms with Gasteiger partial charge in [0.15, 0.2) is 5.82 Å². The van der Waals surface area contributed by atoms with Crippen molar-refractivity contribution in [1.82, 2.24) is 9.97 Å². The quantitative estimate of drug-likeness (QED) is 0.718. The molecule has 1 N–H and O–H groups in total. The van der Waals surface area contributed by atoms with Gasteiger partial charge in [-0.15, -0.1) is 0 Å². The summed E-state index contributed by atoms with van der Waals surface area (Å²) in [5, 5.41) is 0. The van der Waals surface area contributed by atoms with Crippen LogP contribution in [-0.4, -0.2) is 9.97 Å². The molecular formula is C7H4BrFN2. The number of hydrogen-bond acceptors (Lipinski definition) is 1. The Morgan fingerprint density at radius 3 is 3.09 bits per heavy atom. The van der Waals surface area contributed by atoms with Crippen molar-refractivity contribution in [2.45, 2.75) is 0 Å². The maximum atomic E-state index is 13.1. The third-order valence-electron chi connectivity index (χ3n) is 1.48. The normalized spacial score (nSPS) is 10.7. The van der Waals surface area contributed by atoms with E-state index in [1.165, 1.54) is 6.33 Å². The SMILES string of the molecule is Fc1c(Br)ccc2[nH]cnc12. The van der Waals surface area contributed by atoms with Gasteiger partial charge in [-0.3, -0.25) is 0 Å². The van der Waals surface area contributed by atoms with Gasteiger partial charge in [0.25, 0.3) is 0 Å². The Bertz CT molecular complexity index is 396. The van der Waals surface area contributed by atoms with Crippen molar-refractivity contribution < 1.29 is 4.39 Å². The number of nitrogens with one attached hydrogen (secondary N) is 1. The summed E-state index contributed by atoms with van der Waals surface area (Å²) < 4.78 is 13.5. The summed E-state index contributed by atoms with van der Waals surface area (Å²) in [5.41, 5.74) is 1.09. The fraction of sp³-hybridized carbons (Fsp3) is 0. The zero-order valence-corrected chi connectivity index (χ0v) is 7.02. The monoisotopic (exact) mass is 214 g/mol. The first-order valence-corrected chi connectivity index (χ1v) is 3.85. The Balaban J connectivity index is 2.93. The van der Waals surface area contributed by atoms with E-state index in [9.17, 15) is 4.39 Å². The highest BCUT2D eigenvalue weighted by atomic mass is 79.9. The van der Waals surface area contributed by atoms with E-state index in [0.717, 1.165) is 0 Å². The fourth-order valence-electron chi connectivity index (χ4n) is 0.949. The molecule has 0 aliphatic heterocycles. The minimum absolute atomic E-state index is 0.316. The number of rotatable bonds is 0. The van der Waals surface area contributed by atoms with Crippen LogP contribution >= 0.6 is 15.9 Å². The van der Waals surface area contributed by atoms with Crippen molar-refractivity contribution in [1.29, 1.82) is 0 Å². The van der Waals surface area contributed by atoms with E-state index in [2.05, 4.69) is 25.9 Å². The highest BCUT2D eigenvalue weighted by Crippen LogP contribution is 2.21. The van der Waals surface area contributed by atoms with Crippen molar-refractivity contribution in [2.75, 3.05) is 0 Å². The van der Waals surface area contributed by atoms with E-state index in [4.69, 9.17) is 0 Å². The van der Waals surface area contributed by atoms with Gasteiger partial charge in [0.2, 0.25) is 0 Å². The van der Waals surface area contributed by atoms with Gasteiger partial charge in [0.05, 0.1) is 16.3 Å². The minimum Gasteiger partial charge on any atom is -0.345 e. The number of imidazole rings is 1. The van der Waals surface area contributed by atoms with Gasteiger partial charge in [-0.05, 0) is 28.1 Å². The Hall–Kier alpha value is -0.900. The van der Waals surface area contributed by atoms with Gasteiger partial charge >= 0.3 is 0 Å². The van der Waals surface area contributed by atoms with E-state index in [-0.39, 0.29) is 5.82 Å². The van der Waals surface area contributed by atoms with Crippen LogP contribution in [0.5, 0.6) is 0 Å². The highest BCUT2D eigenvalue weighted by molar-refractivity contribution is 9.10. The van der Waals surface area contributed by atoms with Gasteiger partial charge in [-0.2, -0.15) is 0 Å². The molecule has 4 heteroatoms. The topological polar surface area (TPSA) is 28.7 Å². The molecule has 11 heavy (non-hydrogen) atoms. The van der Waals surface area contributed by atoms with Crippen molar-refractivity contribution in [2.24, 2.45) is 0 Å². The van der Waals surface area contributed by atoms with Crippen LogP contribution in [-0.2, 0) is 0 Å². The number of hydrogen-bond donors (Lipinski definition) is 1. The van der Waals surface area contributed by atoms with E-state index in [1.54, 1.807) is 12.1 Å². The Morgan fingerprint density at radius 2 is 2.27 bits per heavy atom. The lowest BCUT2D eigenvalue weighted by Crippen LogP contribution is -1.79. The molecule has 1 heterocycles. The molecule has 0 saturated carbocycles. The molecule has 1 aromatic heterocycles. The lowest BCUT2D eigenvalue weighted by atomic mass is 10.3. The fourth-order valence-corrected chi connectivity index (χ4v) is 1.27. The Labute approximate surface area is 70.6 Å². The zero-order valence-electron chi connectivity index (χ0n) is 5.44. The molecule has 1 aromatic carbocycles. The summed E-state index contributed by atoms with van der Waals surface area (Å²) in [6.45, 7) is 0. The molecule has 2 aromatic rings. The molecule has 0 fully saturated rings. The molecule has 0 radical (unpaired) electrons. The second kappa shape index (κ2) is 2.30. The third-order valence-corrected chi connectivity index (χ3v) is 2.10. The van der Waals surface area contributed by atoms with Gasteiger partial charge in [0, 0.05) is 0 Å². The first kappa shape index (κ1) is 6.79. The van der Waals surface area contributed by atoms with Crippen molar-refractivity contribution in [3.05, 3.63) is 28.7 Å². The van der Waals surface area contributed by atoms with Crippen LogP contribution in [0.15, 0.2) is 22.9 Å². The molecule has 0 aliphatic carbocycles. The molecule has 0 spiro atoms. The summed E-state index contributed by atoms with van der Waals surface area (Å²) in [6.07, 6.45) is 1.47. The van der Waals surface area contributed by atoms with E-state index in [1.807, 2.05) is 0 Å². The first-order valence-electron chi connectivity index (χ1n) is 3.06. The predicted octanol–water partition coefficient (Wildman–Crippen LogP) is 2.46. The molecule has 0 atom stereocenters. The van der Waals surface area contributed by atoms with Gasteiger partial charge in [-0.1, -0.05) is 0 Å². The summed E-state index contributed by atoms with van der Waals surface area (Å²) in [7, 11) is 0. The summed E-state index contributed by atoms with van der Waals surface area (Å²) in [4.78, 5) is 6.63. The predicted molar refractivity (Wildman–Crippen MR) is 43.8 cm³/mol. The van der Waals surface area contributed by atoms with Crippen LogP contribution in [0.25, 0.3) is 11.0 Å².